The highest BCUT2D eigenvalue weighted by atomic mass is 32.2. The van der Waals surface area contributed by atoms with E-state index in [1.54, 1.807) is 50.2 Å². The zero-order valence-corrected chi connectivity index (χ0v) is 18.5. The van der Waals surface area contributed by atoms with Crippen LogP contribution in [0.3, 0.4) is 0 Å². The monoisotopic (exact) mass is 438 g/mol. The molecule has 7 nitrogen and oxygen atoms in total. The van der Waals surface area contributed by atoms with Gasteiger partial charge in [0.25, 0.3) is 5.91 Å². The Bertz CT molecular complexity index is 1060. The van der Waals surface area contributed by atoms with Crippen LogP contribution in [0.25, 0.3) is 0 Å². The standard InChI is InChI=1S/C20H26N2O5S2/c1-15(2)22(3)29(26,27)19-11-7-16(8-12-19)13-21-20(23)18-9-5-17(6-10-18)14-28(4,24)25/h5-12,15H,13-14H2,1-4H3,(H,21,23). The fraction of sp³-hybridized carbons (Fsp3) is 0.350. The van der Waals surface area contributed by atoms with Crippen molar-refractivity contribution in [2.45, 2.75) is 37.1 Å². The molecule has 0 spiro atoms. The van der Waals surface area contributed by atoms with Gasteiger partial charge in [-0.15, -0.1) is 0 Å². The highest BCUT2D eigenvalue weighted by Gasteiger charge is 2.22. The number of carbonyl (C=O) groups is 1. The molecule has 0 radical (unpaired) electrons. The van der Waals surface area contributed by atoms with Gasteiger partial charge in [0.05, 0.1) is 10.6 Å². The summed E-state index contributed by atoms with van der Waals surface area (Å²) in [6.45, 7) is 3.84. The molecule has 0 aliphatic carbocycles. The van der Waals surface area contributed by atoms with Gasteiger partial charge in [0.15, 0.2) is 9.84 Å². The number of amides is 1. The van der Waals surface area contributed by atoms with E-state index in [2.05, 4.69) is 5.32 Å². The van der Waals surface area contributed by atoms with Gasteiger partial charge in [0, 0.05) is 31.5 Å². The Labute approximate surface area is 172 Å². The fourth-order valence-corrected chi connectivity index (χ4v) is 4.73. The van der Waals surface area contributed by atoms with Crippen LogP contribution in [0, 0.1) is 0 Å². The van der Waals surface area contributed by atoms with Crippen molar-refractivity contribution >= 4 is 25.8 Å². The van der Waals surface area contributed by atoms with Crippen molar-refractivity contribution in [3.05, 3.63) is 65.2 Å². The summed E-state index contributed by atoms with van der Waals surface area (Å²) >= 11 is 0. The van der Waals surface area contributed by atoms with E-state index in [1.807, 2.05) is 0 Å². The van der Waals surface area contributed by atoms with Crippen molar-refractivity contribution in [1.29, 1.82) is 0 Å². The maximum atomic E-state index is 12.5. The minimum atomic E-state index is -3.54. The first kappa shape index (κ1) is 23.1. The molecule has 0 aliphatic heterocycles. The van der Waals surface area contributed by atoms with Crippen LogP contribution in [0.2, 0.25) is 0 Å². The van der Waals surface area contributed by atoms with Gasteiger partial charge in [-0.05, 0) is 49.2 Å². The number of hydrogen-bond acceptors (Lipinski definition) is 5. The summed E-state index contributed by atoms with van der Waals surface area (Å²) in [5.41, 5.74) is 1.80. The molecule has 9 heteroatoms. The molecule has 0 saturated heterocycles. The molecule has 0 saturated carbocycles. The molecular weight excluding hydrogens is 412 g/mol. The molecule has 2 rings (SSSR count). The molecule has 158 valence electrons. The molecular formula is C20H26N2O5S2. The average Bonchev–Trinajstić information content (AvgIpc) is 2.65. The topological polar surface area (TPSA) is 101 Å². The van der Waals surface area contributed by atoms with Crippen molar-refractivity contribution in [2.75, 3.05) is 13.3 Å². The lowest BCUT2D eigenvalue weighted by Gasteiger charge is -2.21. The normalized spacial score (nSPS) is 12.3. The minimum Gasteiger partial charge on any atom is -0.348 e. The quantitative estimate of drug-likeness (QED) is 0.681. The van der Waals surface area contributed by atoms with Gasteiger partial charge in [0.1, 0.15) is 0 Å². The molecule has 2 aromatic carbocycles. The molecule has 0 atom stereocenters. The fourth-order valence-electron chi connectivity index (χ4n) is 2.56. The van der Waals surface area contributed by atoms with Crippen molar-refractivity contribution < 1.29 is 21.6 Å². The lowest BCUT2D eigenvalue weighted by atomic mass is 10.1. The minimum absolute atomic E-state index is 0.0733. The van der Waals surface area contributed by atoms with Gasteiger partial charge >= 0.3 is 0 Å². The van der Waals surface area contributed by atoms with Crippen LogP contribution in [-0.2, 0) is 32.2 Å². The van der Waals surface area contributed by atoms with E-state index in [4.69, 9.17) is 0 Å². The molecule has 1 amide bonds. The number of benzene rings is 2. The number of carbonyl (C=O) groups excluding carboxylic acids is 1. The molecule has 29 heavy (non-hydrogen) atoms. The molecule has 0 aromatic heterocycles. The second-order valence-electron chi connectivity index (χ2n) is 7.21. The number of sulfonamides is 1. The maximum absolute atomic E-state index is 12.5. The molecule has 2 aromatic rings. The average molecular weight is 439 g/mol. The van der Waals surface area contributed by atoms with E-state index in [0.29, 0.717) is 11.1 Å². The maximum Gasteiger partial charge on any atom is 0.251 e. The summed E-state index contributed by atoms with van der Waals surface area (Å²) in [7, 11) is -5.13. The molecule has 0 bridgehead atoms. The Morgan fingerprint density at radius 2 is 1.45 bits per heavy atom. The van der Waals surface area contributed by atoms with Crippen LogP contribution in [0.5, 0.6) is 0 Å². The van der Waals surface area contributed by atoms with Crippen LogP contribution in [0.1, 0.15) is 35.3 Å². The zero-order chi connectivity index (χ0) is 21.8. The summed E-state index contributed by atoms with van der Waals surface area (Å²) in [6, 6.07) is 12.6. The summed E-state index contributed by atoms with van der Waals surface area (Å²) < 4.78 is 48.9. The SMILES string of the molecule is CC(C)N(C)S(=O)(=O)c1ccc(CNC(=O)c2ccc(CS(C)(=O)=O)cc2)cc1. The van der Waals surface area contributed by atoms with Crippen LogP contribution in [0.4, 0.5) is 0 Å². The predicted octanol–water partition coefficient (Wildman–Crippen LogP) is 2.19. The van der Waals surface area contributed by atoms with Gasteiger partial charge in [-0.3, -0.25) is 4.79 Å². The van der Waals surface area contributed by atoms with Gasteiger partial charge in [-0.25, -0.2) is 16.8 Å². The zero-order valence-electron chi connectivity index (χ0n) is 16.9. The van der Waals surface area contributed by atoms with Crippen LogP contribution in [0.15, 0.2) is 53.4 Å². The second kappa shape index (κ2) is 9.06. The number of nitrogens with one attached hydrogen (secondary N) is 1. The number of nitrogens with zero attached hydrogens (tertiary/aromatic N) is 1. The van der Waals surface area contributed by atoms with Crippen LogP contribution >= 0.6 is 0 Å². The summed E-state index contributed by atoms with van der Waals surface area (Å²) in [5.74, 6) is -0.372. The number of hydrogen-bond donors (Lipinski definition) is 1. The molecule has 0 heterocycles. The molecule has 1 N–H and O–H groups in total. The van der Waals surface area contributed by atoms with E-state index < -0.39 is 19.9 Å². The molecule has 0 unspecified atom stereocenters. The van der Waals surface area contributed by atoms with Crippen molar-refractivity contribution in [3.63, 3.8) is 0 Å². The molecule has 0 fully saturated rings. The van der Waals surface area contributed by atoms with Crippen molar-refractivity contribution in [2.24, 2.45) is 0 Å². The highest BCUT2D eigenvalue weighted by molar-refractivity contribution is 7.90. The van der Waals surface area contributed by atoms with E-state index in [-0.39, 0.29) is 29.1 Å². The number of sulfone groups is 1. The molecule has 0 aliphatic rings. The van der Waals surface area contributed by atoms with Gasteiger partial charge in [-0.1, -0.05) is 24.3 Å². The van der Waals surface area contributed by atoms with Gasteiger partial charge in [0.2, 0.25) is 10.0 Å². The summed E-state index contributed by atoms with van der Waals surface area (Å²) in [6.07, 6.45) is 1.16. The van der Waals surface area contributed by atoms with E-state index in [0.717, 1.165) is 11.8 Å². The highest BCUT2D eigenvalue weighted by Crippen LogP contribution is 2.17. The lowest BCUT2D eigenvalue weighted by molar-refractivity contribution is 0.0951. The van der Waals surface area contributed by atoms with E-state index >= 15 is 0 Å². The Balaban J connectivity index is 2.00. The smallest absolute Gasteiger partial charge is 0.251 e. The van der Waals surface area contributed by atoms with E-state index in [9.17, 15) is 21.6 Å². The predicted molar refractivity (Wildman–Crippen MR) is 113 cm³/mol. The Kier molecular flexibility index (Phi) is 7.20. The Hall–Kier alpha value is -2.23. The van der Waals surface area contributed by atoms with Crippen LogP contribution < -0.4 is 5.32 Å². The second-order valence-corrected chi connectivity index (χ2v) is 11.3. The summed E-state index contributed by atoms with van der Waals surface area (Å²) in [4.78, 5) is 12.5. The third-order valence-corrected chi connectivity index (χ3v) is 7.33. The van der Waals surface area contributed by atoms with Gasteiger partial charge < -0.3 is 5.32 Å². The third kappa shape index (κ3) is 6.38. The van der Waals surface area contributed by atoms with Gasteiger partial charge in [-0.2, -0.15) is 4.31 Å². The Morgan fingerprint density at radius 3 is 1.93 bits per heavy atom. The first-order valence-corrected chi connectivity index (χ1v) is 12.5. The Morgan fingerprint density at radius 1 is 0.931 bits per heavy atom. The van der Waals surface area contributed by atoms with Crippen LogP contribution in [-0.4, -0.2) is 46.4 Å². The number of rotatable bonds is 8. The first-order chi connectivity index (χ1) is 13.4. The lowest BCUT2D eigenvalue weighted by Crippen LogP contribution is -2.33. The summed E-state index contributed by atoms with van der Waals surface area (Å²) in [5, 5.41) is 2.77. The van der Waals surface area contributed by atoms with Crippen molar-refractivity contribution in [1.82, 2.24) is 9.62 Å². The third-order valence-electron chi connectivity index (χ3n) is 4.43. The first-order valence-electron chi connectivity index (χ1n) is 9.02. The largest absolute Gasteiger partial charge is 0.348 e. The van der Waals surface area contributed by atoms with Crippen molar-refractivity contribution in [3.8, 4) is 0 Å². The van der Waals surface area contributed by atoms with E-state index in [1.165, 1.54) is 23.5 Å².